The molecule has 0 radical (unpaired) electrons. The number of allylic oxidation sites excluding steroid dienone is 8. The molecule has 1 unspecified atom stereocenters. The van der Waals surface area contributed by atoms with Gasteiger partial charge in [0.05, 0.1) is 6.61 Å². The number of esters is 1. The van der Waals surface area contributed by atoms with Gasteiger partial charge in [0, 0.05) is 19.3 Å². The number of carbonyl (C=O) groups is 3. The number of rotatable bonds is 47. The van der Waals surface area contributed by atoms with Crippen molar-refractivity contribution in [3.05, 3.63) is 48.6 Å². The topological polar surface area (TPSA) is 101 Å². The number of ketones is 2. The van der Waals surface area contributed by atoms with Gasteiger partial charge in [-0.1, -0.05) is 211 Å². The molecule has 0 aliphatic rings. The maximum absolute atomic E-state index is 13.9. The Kier molecular flexibility index (Phi) is 44.0. The van der Waals surface area contributed by atoms with Crippen LogP contribution in [0, 0.1) is 0 Å². The molecular weight excluding hydrogens is 757 g/mol. The van der Waals surface area contributed by atoms with E-state index >= 15 is 0 Å². The summed E-state index contributed by atoms with van der Waals surface area (Å²) in [4.78, 5) is 41.1. The average Bonchev–Trinajstić information content (AvgIpc) is 3.26. The summed E-state index contributed by atoms with van der Waals surface area (Å²) >= 11 is 0. The van der Waals surface area contributed by atoms with Crippen LogP contribution in [0.4, 0.5) is 0 Å². The molecule has 61 heavy (non-hydrogen) atoms. The predicted molar refractivity (Wildman–Crippen MR) is 261 cm³/mol. The van der Waals surface area contributed by atoms with E-state index in [0.29, 0.717) is 19.3 Å². The van der Waals surface area contributed by atoms with Gasteiger partial charge in [0.2, 0.25) is 0 Å². The Morgan fingerprint density at radius 1 is 0.410 bits per heavy atom. The molecule has 0 saturated carbocycles. The van der Waals surface area contributed by atoms with Gasteiger partial charge in [-0.05, 0) is 83.5 Å². The summed E-state index contributed by atoms with van der Waals surface area (Å²) < 4.78 is 5.80. The van der Waals surface area contributed by atoms with Crippen LogP contribution >= 0.6 is 0 Å². The van der Waals surface area contributed by atoms with Crippen molar-refractivity contribution >= 4 is 17.5 Å². The molecule has 0 aromatic heterocycles. The highest BCUT2D eigenvalue weighted by atomic mass is 16.6. The van der Waals surface area contributed by atoms with Crippen LogP contribution < -0.4 is 0 Å². The van der Waals surface area contributed by atoms with E-state index in [1.54, 1.807) is 0 Å². The highest BCUT2D eigenvalue weighted by Gasteiger charge is 2.53. The van der Waals surface area contributed by atoms with E-state index < -0.39 is 35.8 Å². The van der Waals surface area contributed by atoms with Crippen LogP contribution in [0.15, 0.2) is 48.6 Å². The first-order valence-corrected chi connectivity index (χ1v) is 26.1. The molecule has 1 atom stereocenters. The third-order valence-electron chi connectivity index (χ3n) is 11.9. The molecule has 0 aromatic carbocycles. The smallest absolute Gasteiger partial charge is 0.307 e. The SMILES string of the molecule is CCCCC/C=C\C/C=C\CCCCCCCC(=O)C(OC(=O)CCCCCCCCCCCCCCC)(C(=O)CCCCCCC/C=C\C/C=C\CCCCC)C(O)CO. The molecule has 2 N–H and O–H groups in total. The summed E-state index contributed by atoms with van der Waals surface area (Å²) in [6, 6.07) is 0. The zero-order chi connectivity index (χ0) is 44.8. The van der Waals surface area contributed by atoms with E-state index in [9.17, 15) is 24.6 Å². The van der Waals surface area contributed by atoms with Gasteiger partial charge in [0.1, 0.15) is 6.10 Å². The van der Waals surface area contributed by atoms with E-state index in [4.69, 9.17) is 4.74 Å². The monoisotopic (exact) mass is 855 g/mol. The van der Waals surface area contributed by atoms with Crippen molar-refractivity contribution in [2.45, 2.75) is 276 Å². The average molecular weight is 855 g/mol. The van der Waals surface area contributed by atoms with Crippen molar-refractivity contribution in [3.8, 4) is 0 Å². The van der Waals surface area contributed by atoms with Crippen LogP contribution in [-0.2, 0) is 19.1 Å². The van der Waals surface area contributed by atoms with Crippen LogP contribution in [0.2, 0.25) is 0 Å². The zero-order valence-electron chi connectivity index (χ0n) is 40.3. The Hall–Kier alpha value is -2.31. The number of hydrogen-bond acceptors (Lipinski definition) is 6. The number of Topliss-reactive ketones (excluding diaryl/α,β-unsaturated/α-hetero) is 2. The van der Waals surface area contributed by atoms with Crippen molar-refractivity contribution < 1.29 is 29.3 Å². The van der Waals surface area contributed by atoms with Crippen molar-refractivity contribution in [1.29, 1.82) is 0 Å². The maximum atomic E-state index is 13.9. The van der Waals surface area contributed by atoms with E-state index in [2.05, 4.69) is 69.4 Å². The lowest BCUT2D eigenvalue weighted by Gasteiger charge is -2.34. The lowest BCUT2D eigenvalue weighted by Crippen LogP contribution is -2.60. The Bertz CT molecular complexity index is 1060. The summed E-state index contributed by atoms with van der Waals surface area (Å²) in [6.45, 7) is 5.88. The first-order chi connectivity index (χ1) is 29.9. The minimum absolute atomic E-state index is 0.0292. The van der Waals surface area contributed by atoms with E-state index in [1.807, 2.05) is 0 Å². The number of aliphatic hydroxyl groups excluding tert-OH is 2. The molecule has 0 bridgehead atoms. The number of unbranched alkanes of at least 4 members (excludes halogenated alkanes) is 28. The van der Waals surface area contributed by atoms with Gasteiger partial charge in [0.15, 0.2) is 11.6 Å². The van der Waals surface area contributed by atoms with Crippen molar-refractivity contribution in [2.24, 2.45) is 0 Å². The molecule has 0 aliphatic heterocycles. The number of carbonyl (C=O) groups excluding carboxylic acids is 3. The van der Waals surface area contributed by atoms with Gasteiger partial charge in [-0.2, -0.15) is 0 Å². The molecule has 6 heteroatoms. The normalized spacial score (nSPS) is 12.8. The van der Waals surface area contributed by atoms with E-state index in [0.717, 1.165) is 109 Å². The fraction of sp³-hybridized carbons (Fsp3) is 0.800. The number of aliphatic hydroxyl groups is 2. The molecule has 0 rings (SSSR count). The first kappa shape index (κ1) is 58.7. The summed E-state index contributed by atoms with van der Waals surface area (Å²) in [5.74, 6) is -1.80. The summed E-state index contributed by atoms with van der Waals surface area (Å²) in [7, 11) is 0. The molecule has 0 saturated heterocycles. The Morgan fingerprint density at radius 3 is 1.03 bits per heavy atom. The Balaban J connectivity index is 4.99. The third kappa shape index (κ3) is 34.8. The Labute approximate surface area is 377 Å². The van der Waals surface area contributed by atoms with Crippen LogP contribution in [0.25, 0.3) is 0 Å². The standard InChI is InChI=1S/C55H98O6/c1-4-7-10-13-16-19-22-25-27-30-32-35-38-41-44-47-51(57)55(53(59)50-56,61-54(60)49-46-43-40-37-34-29-24-21-18-15-12-9-6-3)52(58)48-45-42-39-36-33-31-28-26-23-20-17-14-11-8-5-2/h16-17,19-20,25-28,53,56,59H,4-15,18,21-24,29-50H2,1-3H3/b19-16-,20-17-,27-25-,28-26-. The highest BCUT2D eigenvalue weighted by molar-refractivity contribution is 6.12. The lowest BCUT2D eigenvalue weighted by molar-refractivity contribution is -0.188. The van der Waals surface area contributed by atoms with Gasteiger partial charge in [-0.3, -0.25) is 14.4 Å². The molecule has 0 fully saturated rings. The Morgan fingerprint density at radius 2 is 0.689 bits per heavy atom. The quantitative estimate of drug-likeness (QED) is 0.0274. The fourth-order valence-electron chi connectivity index (χ4n) is 7.92. The fourth-order valence-corrected chi connectivity index (χ4v) is 7.92. The minimum atomic E-state index is -2.34. The van der Waals surface area contributed by atoms with Gasteiger partial charge in [-0.15, -0.1) is 0 Å². The van der Waals surface area contributed by atoms with Gasteiger partial charge in [-0.25, -0.2) is 0 Å². The second-order valence-corrected chi connectivity index (χ2v) is 17.7. The third-order valence-corrected chi connectivity index (χ3v) is 11.9. The van der Waals surface area contributed by atoms with Crippen LogP contribution in [-0.4, -0.2) is 46.1 Å². The van der Waals surface area contributed by atoms with Gasteiger partial charge < -0.3 is 14.9 Å². The van der Waals surface area contributed by atoms with Crippen molar-refractivity contribution in [2.75, 3.05) is 6.61 Å². The molecule has 0 aliphatic carbocycles. The number of ether oxygens (including phenoxy) is 1. The van der Waals surface area contributed by atoms with Crippen LogP contribution in [0.5, 0.6) is 0 Å². The van der Waals surface area contributed by atoms with Gasteiger partial charge >= 0.3 is 5.97 Å². The zero-order valence-corrected chi connectivity index (χ0v) is 40.3. The van der Waals surface area contributed by atoms with E-state index in [1.165, 1.54) is 96.3 Å². The molecule has 354 valence electrons. The van der Waals surface area contributed by atoms with Crippen molar-refractivity contribution in [1.82, 2.24) is 0 Å². The summed E-state index contributed by atoms with van der Waals surface area (Å²) in [5, 5.41) is 21.2. The molecule has 0 amide bonds. The van der Waals surface area contributed by atoms with E-state index in [-0.39, 0.29) is 19.3 Å². The minimum Gasteiger partial charge on any atom is -0.440 e. The van der Waals surface area contributed by atoms with Crippen LogP contribution in [0.3, 0.4) is 0 Å². The second kappa shape index (κ2) is 45.7. The molecule has 0 spiro atoms. The molecule has 0 aromatic rings. The predicted octanol–water partition coefficient (Wildman–Crippen LogP) is 15.9. The molecular formula is C55H98O6. The second-order valence-electron chi connectivity index (χ2n) is 17.7. The number of hydrogen-bond donors (Lipinski definition) is 2. The maximum Gasteiger partial charge on any atom is 0.307 e. The summed E-state index contributed by atoms with van der Waals surface area (Å²) in [6.07, 6.45) is 54.7. The first-order valence-electron chi connectivity index (χ1n) is 26.1. The highest BCUT2D eigenvalue weighted by Crippen LogP contribution is 2.28. The van der Waals surface area contributed by atoms with Crippen LogP contribution in [0.1, 0.15) is 265 Å². The van der Waals surface area contributed by atoms with Crippen molar-refractivity contribution in [3.63, 3.8) is 0 Å². The lowest BCUT2D eigenvalue weighted by atomic mass is 9.82. The van der Waals surface area contributed by atoms with Gasteiger partial charge in [0.25, 0.3) is 5.60 Å². The summed E-state index contributed by atoms with van der Waals surface area (Å²) in [5.41, 5.74) is -2.34. The molecule has 0 heterocycles. The largest absolute Gasteiger partial charge is 0.440 e. The molecule has 6 nitrogen and oxygen atoms in total.